The fraction of sp³-hybridized carbons (Fsp3) is 0.278. The molecule has 0 aliphatic heterocycles. The average Bonchev–Trinajstić information content (AvgIpc) is 2.53. The Hall–Kier alpha value is -2.45. The third kappa shape index (κ3) is 6.12. The van der Waals surface area contributed by atoms with Gasteiger partial charge < -0.3 is 10.1 Å². The maximum atomic E-state index is 12.8. The Labute approximate surface area is 152 Å². The molecule has 6 nitrogen and oxygen atoms in total. The van der Waals surface area contributed by atoms with Gasteiger partial charge in [-0.1, -0.05) is 0 Å². The van der Waals surface area contributed by atoms with Crippen molar-refractivity contribution in [2.45, 2.75) is 31.2 Å². The Morgan fingerprint density at radius 3 is 2.15 bits per heavy atom. The first-order valence-corrected chi connectivity index (χ1v) is 9.36. The van der Waals surface area contributed by atoms with E-state index in [2.05, 4.69) is 10.0 Å². The molecule has 0 spiro atoms. The summed E-state index contributed by atoms with van der Waals surface area (Å²) in [5.74, 6) is -0.452. The molecule has 0 aliphatic rings. The zero-order valence-corrected chi connectivity index (χ0v) is 15.6. The van der Waals surface area contributed by atoms with E-state index in [0.29, 0.717) is 11.4 Å². The molecule has 0 unspecified atom stereocenters. The van der Waals surface area contributed by atoms with Gasteiger partial charge in [0.15, 0.2) is 6.61 Å². The quantitative estimate of drug-likeness (QED) is 0.807. The second kappa shape index (κ2) is 7.84. The van der Waals surface area contributed by atoms with Gasteiger partial charge in [-0.25, -0.2) is 17.5 Å². The fourth-order valence-electron chi connectivity index (χ4n) is 2.06. The SMILES string of the molecule is CC(C)(C)NS(=O)(=O)c1ccc(OCC(=O)Nc2ccc(F)cc2)cc1. The van der Waals surface area contributed by atoms with Crippen LogP contribution in [-0.4, -0.2) is 26.5 Å². The van der Waals surface area contributed by atoms with Crippen LogP contribution in [0.15, 0.2) is 53.4 Å². The van der Waals surface area contributed by atoms with E-state index in [1.807, 2.05) is 0 Å². The number of nitrogens with one attached hydrogen (secondary N) is 2. The largest absolute Gasteiger partial charge is 0.484 e. The van der Waals surface area contributed by atoms with Gasteiger partial charge in [0.1, 0.15) is 11.6 Å². The minimum absolute atomic E-state index is 0.107. The number of anilines is 1. The highest BCUT2D eigenvalue weighted by atomic mass is 32.2. The Bertz CT molecular complexity index is 858. The lowest BCUT2D eigenvalue weighted by Gasteiger charge is -2.20. The molecule has 0 saturated heterocycles. The second-order valence-electron chi connectivity index (χ2n) is 6.67. The van der Waals surface area contributed by atoms with Crippen LogP contribution >= 0.6 is 0 Å². The number of amides is 1. The first kappa shape index (κ1) is 19.9. The van der Waals surface area contributed by atoms with Gasteiger partial charge in [0.25, 0.3) is 5.91 Å². The zero-order chi connectivity index (χ0) is 19.4. The lowest BCUT2D eigenvalue weighted by Crippen LogP contribution is -2.40. The van der Waals surface area contributed by atoms with Crippen molar-refractivity contribution in [3.05, 3.63) is 54.3 Å². The van der Waals surface area contributed by atoms with Crippen LogP contribution in [0.1, 0.15) is 20.8 Å². The summed E-state index contributed by atoms with van der Waals surface area (Å²) < 4.78 is 45.1. The highest BCUT2D eigenvalue weighted by molar-refractivity contribution is 7.89. The Morgan fingerprint density at radius 2 is 1.62 bits per heavy atom. The summed E-state index contributed by atoms with van der Waals surface area (Å²) in [6.07, 6.45) is 0. The van der Waals surface area contributed by atoms with E-state index in [1.165, 1.54) is 48.5 Å². The second-order valence-corrected chi connectivity index (χ2v) is 8.35. The van der Waals surface area contributed by atoms with Crippen molar-refractivity contribution in [2.24, 2.45) is 0 Å². The van der Waals surface area contributed by atoms with Gasteiger partial charge in [0.05, 0.1) is 4.90 Å². The van der Waals surface area contributed by atoms with Crippen LogP contribution in [0.2, 0.25) is 0 Å². The van der Waals surface area contributed by atoms with Gasteiger partial charge >= 0.3 is 0 Å². The maximum Gasteiger partial charge on any atom is 0.262 e. The van der Waals surface area contributed by atoms with Crippen LogP contribution in [0.5, 0.6) is 5.75 Å². The highest BCUT2D eigenvalue weighted by Gasteiger charge is 2.21. The Balaban J connectivity index is 1.92. The summed E-state index contributed by atoms with van der Waals surface area (Å²) in [7, 11) is -3.63. The summed E-state index contributed by atoms with van der Waals surface area (Å²) in [6.45, 7) is 5.00. The van der Waals surface area contributed by atoms with Crippen LogP contribution in [0.25, 0.3) is 0 Å². The molecule has 2 aromatic rings. The van der Waals surface area contributed by atoms with E-state index in [-0.39, 0.29) is 11.5 Å². The van der Waals surface area contributed by atoms with Crippen molar-refractivity contribution in [3.63, 3.8) is 0 Å². The molecule has 140 valence electrons. The van der Waals surface area contributed by atoms with Crippen LogP contribution in [0, 0.1) is 5.82 Å². The molecule has 0 fully saturated rings. The molecule has 0 atom stereocenters. The van der Waals surface area contributed by atoms with Crippen LogP contribution in [0.3, 0.4) is 0 Å². The number of hydrogen-bond acceptors (Lipinski definition) is 4. The van der Waals surface area contributed by atoms with Gasteiger partial charge in [-0.3, -0.25) is 4.79 Å². The molecule has 26 heavy (non-hydrogen) atoms. The Kier molecular flexibility index (Phi) is 5.99. The van der Waals surface area contributed by atoms with Crippen molar-refractivity contribution in [1.82, 2.24) is 4.72 Å². The van der Waals surface area contributed by atoms with Crippen molar-refractivity contribution >= 4 is 21.6 Å². The van der Waals surface area contributed by atoms with Crippen LogP contribution < -0.4 is 14.8 Å². The number of sulfonamides is 1. The minimum Gasteiger partial charge on any atom is -0.484 e. The van der Waals surface area contributed by atoms with Crippen molar-refractivity contribution in [3.8, 4) is 5.75 Å². The molecule has 2 rings (SSSR count). The lowest BCUT2D eigenvalue weighted by molar-refractivity contribution is -0.118. The number of carbonyl (C=O) groups excluding carboxylic acids is 1. The van der Waals surface area contributed by atoms with Crippen molar-refractivity contribution in [1.29, 1.82) is 0 Å². The first-order valence-electron chi connectivity index (χ1n) is 7.87. The first-order chi connectivity index (χ1) is 12.0. The van der Waals surface area contributed by atoms with Gasteiger partial charge in [-0.05, 0) is 69.3 Å². The average molecular weight is 380 g/mol. The monoisotopic (exact) mass is 380 g/mol. The molecule has 1 amide bonds. The number of benzene rings is 2. The minimum atomic E-state index is -3.63. The number of carbonyl (C=O) groups is 1. The Morgan fingerprint density at radius 1 is 1.04 bits per heavy atom. The zero-order valence-electron chi connectivity index (χ0n) is 14.7. The summed E-state index contributed by atoms with van der Waals surface area (Å²) >= 11 is 0. The third-order valence-electron chi connectivity index (χ3n) is 3.07. The normalized spacial score (nSPS) is 11.8. The van der Waals surface area contributed by atoms with E-state index in [1.54, 1.807) is 20.8 Å². The summed E-state index contributed by atoms with van der Waals surface area (Å²) in [5.41, 5.74) is -0.137. The molecule has 0 aliphatic carbocycles. The summed E-state index contributed by atoms with van der Waals surface area (Å²) in [5, 5.41) is 2.56. The van der Waals surface area contributed by atoms with Gasteiger partial charge in [0.2, 0.25) is 10.0 Å². The van der Waals surface area contributed by atoms with Crippen molar-refractivity contribution in [2.75, 3.05) is 11.9 Å². The highest BCUT2D eigenvalue weighted by Crippen LogP contribution is 2.18. The molecule has 0 aromatic heterocycles. The van der Waals surface area contributed by atoms with Gasteiger partial charge in [-0.15, -0.1) is 0 Å². The van der Waals surface area contributed by atoms with Gasteiger partial charge in [0, 0.05) is 11.2 Å². The smallest absolute Gasteiger partial charge is 0.262 e. The van der Waals surface area contributed by atoms with E-state index in [0.717, 1.165) is 0 Å². The standard InChI is InChI=1S/C18H21FN2O4S/c1-18(2,3)21-26(23,24)16-10-8-15(9-11-16)25-12-17(22)20-14-6-4-13(19)5-7-14/h4-11,21H,12H2,1-3H3,(H,20,22). The number of rotatable bonds is 6. The molecule has 2 N–H and O–H groups in total. The predicted molar refractivity (Wildman–Crippen MR) is 97.0 cm³/mol. The molecule has 8 heteroatoms. The van der Waals surface area contributed by atoms with E-state index >= 15 is 0 Å². The molecule has 0 radical (unpaired) electrons. The molecular formula is C18H21FN2O4S. The number of halogens is 1. The predicted octanol–water partition coefficient (Wildman–Crippen LogP) is 2.92. The van der Waals surface area contributed by atoms with Crippen molar-refractivity contribution < 1.29 is 22.3 Å². The molecule has 0 bridgehead atoms. The molecule has 0 saturated carbocycles. The fourth-order valence-corrected chi connectivity index (χ4v) is 3.47. The van der Waals surface area contributed by atoms with E-state index in [4.69, 9.17) is 4.74 Å². The number of hydrogen-bond donors (Lipinski definition) is 2. The molecule has 0 heterocycles. The van der Waals surface area contributed by atoms with Crippen LogP contribution in [0.4, 0.5) is 10.1 Å². The van der Waals surface area contributed by atoms with E-state index in [9.17, 15) is 17.6 Å². The summed E-state index contributed by atoms with van der Waals surface area (Å²) in [4.78, 5) is 11.9. The van der Waals surface area contributed by atoms with Crippen LogP contribution in [-0.2, 0) is 14.8 Å². The van der Waals surface area contributed by atoms with E-state index < -0.39 is 27.3 Å². The third-order valence-corrected chi connectivity index (χ3v) is 4.85. The number of ether oxygens (including phenoxy) is 1. The molecule has 2 aromatic carbocycles. The lowest BCUT2D eigenvalue weighted by atomic mass is 10.1. The van der Waals surface area contributed by atoms with Gasteiger partial charge in [-0.2, -0.15) is 0 Å². The topological polar surface area (TPSA) is 84.5 Å². The summed E-state index contributed by atoms with van der Waals surface area (Å²) in [6, 6.07) is 11.1. The molecular weight excluding hydrogens is 359 g/mol. The maximum absolute atomic E-state index is 12.8.